The summed E-state index contributed by atoms with van der Waals surface area (Å²) in [5, 5.41) is 1.01. The fourth-order valence-electron chi connectivity index (χ4n) is 2.46. The van der Waals surface area contributed by atoms with E-state index in [-0.39, 0.29) is 5.91 Å². The van der Waals surface area contributed by atoms with E-state index in [0.29, 0.717) is 27.3 Å². The largest absolute Gasteiger partial charge is 0.378 e. The molecular formula is C20H19ClN4OS. The third kappa shape index (κ3) is 4.40. The van der Waals surface area contributed by atoms with Crippen molar-refractivity contribution in [2.24, 2.45) is 4.99 Å². The van der Waals surface area contributed by atoms with Crippen molar-refractivity contribution in [3.8, 4) is 0 Å². The van der Waals surface area contributed by atoms with Crippen LogP contribution in [0, 0.1) is 0 Å². The molecule has 0 unspecified atom stereocenters. The highest BCUT2D eigenvalue weighted by Crippen LogP contribution is 2.35. The molecule has 1 aliphatic rings. The Hall–Kier alpha value is -2.57. The molecule has 7 heteroatoms. The summed E-state index contributed by atoms with van der Waals surface area (Å²) in [6, 6.07) is 9.73. The SMILES string of the molecule is C=CCN1C(=O)/C(=C/c2ccc(N(C)C)cc2)SC1=Nc1ccncc1Cl. The molecule has 2 aromatic rings. The van der Waals surface area contributed by atoms with Crippen molar-refractivity contribution in [1.82, 2.24) is 9.88 Å². The molecule has 1 aliphatic heterocycles. The molecule has 138 valence electrons. The fraction of sp³-hybridized carbons (Fsp3) is 0.150. The third-order valence-corrected chi connectivity index (χ3v) is 5.17. The molecule has 0 spiro atoms. The van der Waals surface area contributed by atoms with E-state index in [1.165, 1.54) is 18.0 Å². The van der Waals surface area contributed by atoms with Gasteiger partial charge in [0.05, 0.1) is 15.6 Å². The zero-order valence-electron chi connectivity index (χ0n) is 15.1. The van der Waals surface area contributed by atoms with E-state index in [1.54, 1.807) is 23.2 Å². The summed E-state index contributed by atoms with van der Waals surface area (Å²) in [5.41, 5.74) is 2.64. The average Bonchev–Trinajstić information content (AvgIpc) is 2.93. The molecule has 1 aromatic heterocycles. The van der Waals surface area contributed by atoms with Gasteiger partial charge < -0.3 is 4.90 Å². The Balaban J connectivity index is 1.93. The van der Waals surface area contributed by atoms with E-state index in [1.807, 2.05) is 49.3 Å². The predicted molar refractivity (Wildman–Crippen MR) is 115 cm³/mol. The minimum absolute atomic E-state index is 0.0967. The number of amidine groups is 1. The summed E-state index contributed by atoms with van der Waals surface area (Å²) in [6.07, 6.45) is 6.70. The third-order valence-electron chi connectivity index (χ3n) is 3.87. The summed E-state index contributed by atoms with van der Waals surface area (Å²) >= 11 is 7.48. The Kier molecular flexibility index (Phi) is 5.98. The van der Waals surface area contributed by atoms with Crippen LogP contribution in [0.5, 0.6) is 0 Å². The fourth-order valence-corrected chi connectivity index (χ4v) is 3.63. The number of amides is 1. The molecule has 5 nitrogen and oxygen atoms in total. The van der Waals surface area contributed by atoms with Crippen LogP contribution in [0.25, 0.3) is 6.08 Å². The van der Waals surface area contributed by atoms with Crippen LogP contribution in [0.2, 0.25) is 5.02 Å². The number of carbonyl (C=O) groups is 1. The van der Waals surface area contributed by atoms with Crippen LogP contribution in [0.15, 0.2) is 65.3 Å². The average molecular weight is 399 g/mol. The van der Waals surface area contributed by atoms with Crippen LogP contribution in [-0.4, -0.2) is 41.6 Å². The van der Waals surface area contributed by atoms with Gasteiger partial charge in [-0.2, -0.15) is 0 Å². The number of nitrogens with zero attached hydrogens (tertiary/aromatic N) is 4. The number of thioether (sulfide) groups is 1. The molecule has 1 aromatic carbocycles. The van der Waals surface area contributed by atoms with Gasteiger partial charge in [-0.3, -0.25) is 14.7 Å². The maximum Gasteiger partial charge on any atom is 0.267 e. The molecule has 0 N–H and O–H groups in total. The first kappa shape index (κ1) is 19.2. The second-order valence-electron chi connectivity index (χ2n) is 6.02. The molecule has 0 aliphatic carbocycles. The topological polar surface area (TPSA) is 48.8 Å². The highest BCUT2D eigenvalue weighted by atomic mass is 35.5. The molecule has 0 radical (unpaired) electrons. The molecule has 2 heterocycles. The first-order valence-corrected chi connectivity index (χ1v) is 9.47. The second-order valence-corrected chi connectivity index (χ2v) is 7.44. The first-order chi connectivity index (χ1) is 13.0. The Morgan fingerprint density at radius 1 is 1.30 bits per heavy atom. The highest BCUT2D eigenvalue weighted by Gasteiger charge is 2.32. The summed E-state index contributed by atoms with van der Waals surface area (Å²) in [5.74, 6) is -0.0967. The lowest BCUT2D eigenvalue weighted by molar-refractivity contribution is -0.121. The number of hydrogen-bond donors (Lipinski definition) is 0. The molecular weight excluding hydrogens is 380 g/mol. The van der Waals surface area contributed by atoms with Gasteiger partial charge in [-0.25, -0.2) is 4.99 Å². The lowest BCUT2D eigenvalue weighted by atomic mass is 10.2. The van der Waals surface area contributed by atoms with Crippen LogP contribution in [-0.2, 0) is 4.79 Å². The van der Waals surface area contributed by atoms with Gasteiger partial charge in [0.25, 0.3) is 5.91 Å². The van der Waals surface area contributed by atoms with Crippen LogP contribution < -0.4 is 4.90 Å². The standard InChI is InChI=1S/C20H19ClN4OS/c1-4-11-25-19(26)18(12-14-5-7-15(8-6-14)24(2)3)27-20(25)23-17-9-10-22-13-16(17)21/h4-10,12-13H,1,11H2,2-3H3/b18-12-,23-20?. The zero-order chi connectivity index (χ0) is 19.4. The minimum Gasteiger partial charge on any atom is -0.378 e. The van der Waals surface area contributed by atoms with Gasteiger partial charge in [0.1, 0.15) is 0 Å². The van der Waals surface area contributed by atoms with Crippen molar-refractivity contribution < 1.29 is 4.79 Å². The molecule has 0 saturated carbocycles. The summed E-state index contributed by atoms with van der Waals surface area (Å²) in [6.45, 7) is 4.11. The number of pyridine rings is 1. The maximum absolute atomic E-state index is 12.8. The van der Waals surface area contributed by atoms with Crippen molar-refractivity contribution in [2.45, 2.75) is 0 Å². The number of aliphatic imine (C=N–C) groups is 1. The number of rotatable bonds is 5. The van der Waals surface area contributed by atoms with Crippen LogP contribution in [0.3, 0.4) is 0 Å². The Morgan fingerprint density at radius 2 is 2.04 bits per heavy atom. The van der Waals surface area contributed by atoms with Gasteiger partial charge in [-0.1, -0.05) is 29.8 Å². The number of aromatic nitrogens is 1. The van der Waals surface area contributed by atoms with E-state index in [2.05, 4.69) is 16.6 Å². The molecule has 27 heavy (non-hydrogen) atoms. The molecule has 1 saturated heterocycles. The lowest BCUT2D eigenvalue weighted by Gasteiger charge is -2.12. The molecule has 1 amide bonds. The van der Waals surface area contributed by atoms with Crippen LogP contribution in [0.1, 0.15) is 5.56 Å². The summed E-state index contributed by atoms with van der Waals surface area (Å²) < 4.78 is 0. The van der Waals surface area contributed by atoms with Crippen molar-refractivity contribution in [3.05, 3.63) is 70.9 Å². The van der Waals surface area contributed by atoms with E-state index in [0.717, 1.165) is 11.3 Å². The van der Waals surface area contributed by atoms with Crippen molar-refractivity contribution in [1.29, 1.82) is 0 Å². The van der Waals surface area contributed by atoms with E-state index < -0.39 is 0 Å². The van der Waals surface area contributed by atoms with Crippen LogP contribution in [0.4, 0.5) is 11.4 Å². The molecule has 0 atom stereocenters. The quantitative estimate of drug-likeness (QED) is 0.546. The normalized spacial score (nSPS) is 17.0. The van der Waals surface area contributed by atoms with E-state index >= 15 is 0 Å². The first-order valence-electron chi connectivity index (χ1n) is 8.27. The van der Waals surface area contributed by atoms with Gasteiger partial charge >= 0.3 is 0 Å². The molecule has 1 fully saturated rings. The maximum atomic E-state index is 12.8. The summed E-state index contributed by atoms with van der Waals surface area (Å²) in [4.78, 5) is 25.6. The van der Waals surface area contributed by atoms with E-state index in [4.69, 9.17) is 11.6 Å². The predicted octanol–water partition coefficient (Wildman–Crippen LogP) is 4.59. The molecule has 3 rings (SSSR count). The van der Waals surface area contributed by atoms with Crippen LogP contribution >= 0.6 is 23.4 Å². The van der Waals surface area contributed by atoms with Gasteiger partial charge in [0, 0.05) is 38.7 Å². The summed E-state index contributed by atoms with van der Waals surface area (Å²) in [7, 11) is 3.98. The van der Waals surface area contributed by atoms with Gasteiger partial charge in [-0.15, -0.1) is 6.58 Å². The van der Waals surface area contributed by atoms with Gasteiger partial charge in [-0.05, 0) is 41.6 Å². The Morgan fingerprint density at radius 3 is 2.67 bits per heavy atom. The van der Waals surface area contributed by atoms with Gasteiger partial charge in [0.15, 0.2) is 5.17 Å². The number of benzene rings is 1. The monoisotopic (exact) mass is 398 g/mol. The van der Waals surface area contributed by atoms with Crippen molar-refractivity contribution in [3.63, 3.8) is 0 Å². The number of hydrogen-bond acceptors (Lipinski definition) is 5. The highest BCUT2D eigenvalue weighted by molar-refractivity contribution is 8.18. The van der Waals surface area contributed by atoms with Crippen molar-refractivity contribution in [2.75, 3.05) is 25.5 Å². The lowest BCUT2D eigenvalue weighted by Crippen LogP contribution is -2.29. The minimum atomic E-state index is -0.0967. The molecule has 0 bridgehead atoms. The van der Waals surface area contributed by atoms with Crippen molar-refractivity contribution >= 4 is 51.9 Å². The number of anilines is 1. The van der Waals surface area contributed by atoms with Gasteiger partial charge in [0.2, 0.25) is 0 Å². The smallest absolute Gasteiger partial charge is 0.267 e. The zero-order valence-corrected chi connectivity index (χ0v) is 16.7. The number of carbonyl (C=O) groups excluding carboxylic acids is 1. The van der Waals surface area contributed by atoms with E-state index in [9.17, 15) is 4.79 Å². The Bertz CT molecular complexity index is 922. The second kappa shape index (κ2) is 8.41. The number of halogens is 1. The Labute approximate surface area is 168 Å².